The van der Waals surface area contributed by atoms with Gasteiger partial charge in [-0.15, -0.1) is 0 Å². The molecular weight excluding hydrogens is 158 g/mol. The van der Waals surface area contributed by atoms with Crippen LogP contribution in [0, 0.1) is 5.92 Å². The molecule has 0 saturated carbocycles. The standard InChI is InChI=1S/C9H20.C2H6.CH5N/c1-4-7-9(6-3)8-5-2;2*1-2/h9H,4-8H2,1-3H3;1-2H3;2H2,1H3. The van der Waals surface area contributed by atoms with Gasteiger partial charge in [0.05, 0.1) is 0 Å². The van der Waals surface area contributed by atoms with Crippen molar-refractivity contribution in [2.45, 2.75) is 66.7 Å². The lowest BCUT2D eigenvalue weighted by molar-refractivity contribution is 0.427. The Bertz CT molecular complexity index is 47.1. The molecule has 0 unspecified atom stereocenters. The monoisotopic (exact) mass is 189 g/mol. The molecule has 2 N–H and O–H groups in total. The zero-order chi connectivity index (χ0) is 11.1. The molecule has 1 nitrogen and oxygen atoms in total. The largest absolute Gasteiger partial charge is 0.333 e. The van der Waals surface area contributed by atoms with Gasteiger partial charge in [-0.2, -0.15) is 0 Å². The van der Waals surface area contributed by atoms with E-state index in [1.54, 1.807) is 0 Å². The van der Waals surface area contributed by atoms with Crippen molar-refractivity contribution in [3.8, 4) is 0 Å². The molecule has 84 valence electrons. The quantitative estimate of drug-likeness (QED) is 0.688. The molecule has 0 radical (unpaired) electrons. The lowest BCUT2D eigenvalue weighted by Crippen LogP contribution is -1.96. The Kier molecular flexibility index (Phi) is 32.6. The van der Waals surface area contributed by atoms with Crippen LogP contribution < -0.4 is 5.73 Å². The summed E-state index contributed by atoms with van der Waals surface area (Å²) in [6.45, 7) is 10.9. The van der Waals surface area contributed by atoms with Crippen LogP contribution >= 0.6 is 0 Å². The van der Waals surface area contributed by atoms with Crippen LogP contribution in [-0.4, -0.2) is 7.05 Å². The molecule has 0 saturated heterocycles. The lowest BCUT2D eigenvalue weighted by atomic mass is 9.96. The van der Waals surface area contributed by atoms with Crippen molar-refractivity contribution in [1.29, 1.82) is 0 Å². The topological polar surface area (TPSA) is 26.0 Å². The summed E-state index contributed by atoms with van der Waals surface area (Å²) in [5.74, 6) is 1.01. The number of rotatable bonds is 5. The van der Waals surface area contributed by atoms with Crippen LogP contribution in [0.3, 0.4) is 0 Å². The van der Waals surface area contributed by atoms with Crippen LogP contribution in [0.25, 0.3) is 0 Å². The molecule has 13 heavy (non-hydrogen) atoms. The number of nitrogens with two attached hydrogens (primary N) is 1. The second kappa shape index (κ2) is 22.7. The van der Waals surface area contributed by atoms with Crippen molar-refractivity contribution < 1.29 is 0 Å². The molecular formula is C12H31N. The van der Waals surface area contributed by atoms with Crippen LogP contribution in [0.5, 0.6) is 0 Å². The van der Waals surface area contributed by atoms with E-state index in [0.29, 0.717) is 0 Å². The van der Waals surface area contributed by atoms with Gasteiger partial charge in [0, 0.05) is 0 Å². The molecule has 0 bridgehead atoms. The molecule has 0 aromatic rings. The second-order valence-electron chi connectivity index (χ2n) is 2.85. The van der Waals surface area contributed by atoms with E-state index in [4.69, 9.17) is 0 Å². The summed E-state index contributed by atoms with van der Waals surface area (Å²) in [6, 6.07) is 0. The predicted molar refractivity (Wildman–Crippen MR) is 65.1 cm³/mol. The Labute approximate surface area is 86.1 Å². The van der Waals surface area contributed by atoms with Crippen molar-refractivity contribution in [3.05, 3.63) is 0 Å². The summed E-state index contributed by atoms with van der Waals surface area (Å²) < 4.78 is 0. The average Bonchev–Trinajstić information content (AvgIpc) is 2.23. The van der Waals surface area contributed by atoms with Crippen LogP contribution in [0.15, 0.2) is 0 Å². The second-order valence-corrected chi connectivity index (χ2v) is 2.85. The fourth-order valence-corrected chi connectivity index (χ4v) is 1.37. The lowest BCUT2D eigenvalue weighted by Gasteiger charge is -2.10. The fourth-order valence-electron chi connectivity index (χ4n) is 1.37. The first-order chi connectivity index (χ1) is 6.35. The molecule has 0 aromatic carbocycles. The van der Waals surface area contributed by atoms with E-state index in [1.165, 1.54) is 39.2 Å². The first-order valence-corrected chi connectivity index (χ1v) is 5.92. The molecule has 0 aliphatic heterocycles. The van der Waals surface area contributed by atoms with Crippen molar-refractivity contribution >= 4 is 0 Å². The molecule has 0 fully saturated rings. The Morgan fingerprint density at radius 1 is 0.846 bits per heavy atom. The van der Waals surface area contributed by atoms with Gasteiger partial charge in [-0.25, -0.2) is 0 Å². The van der Waals surface area contributed by atoms with Gasteiger partial charge >= 0.3 is 0 Å². The van der Waals surface area contributed by atoms with Crippen molar-refractivity contribution in [2.75, 3.05) is 7.05 Å². The zero-order valence-electron chi connectivity index (χ0n) is 10.7. The fraction of sp³-hybridized carbons (Fsp3) is 1.00. The van der Waals surface area contributed by atoms with Gasteiger partial charge < -0.3 is 5.73 Å². The summed E-state index contributed by atoms with van der Waals surface area (Å²) in [5, 5.41) is 0. The highest BCUT2D eigenvalue weighted by molar-refractivity contribution is 4.54. The number of hydrogen-bond acceptors (Lipinski definition) is 1. The highest BCUT2D eigenvalue weighted by atomic mass is 14.4. The van der Waals surface area contributed by atoms with E-state index in [-0.39, 0.29) is 0 Å². The predicted octanol–water partition coefficient (Wildman–Crippen LogP) is 4.21. The Balaban J connectivity index is -0.000000218. The first-order valence-electron chi connectivity index (χ1n) is 5.92. The molecule has 0 amide bonds. The summed E-state index contributed by atoms with van der Waals surface area (Å²) >= 11 is 0. The van der Waals surface area contributed by atoms with Crippen molar-refractivity contribution in [3.63, 3.8) is 0 Å². The van der Waals surface area contributed by atoms with E-state index >= 15 is 0 Å². The molecule has 0 aromatic heterocycles. The van der Waals surface area contributed by atoms with Gasteiger partial charge in [0.25, 0.3) is 0 Å². The van der Waals surface area contributed by atoms with Gasteiger partial charge in [-0.1, -0.05) is 66.7 Å². The van der Waals surface area contributed by atoms with Crippen LogP contribution in [-0.2, 0) is 0 Å². The van der Waals surface area contributed by atoms with Crippen LogP contribution in [0.1, 0.15) is 66.7 Å². The van der Waals surface area contributed by atoms with Gasteiger partial charge in [0.15, 0.2) is 0 Å². The third-order valence-corrected chi connectivity index (χ3v) is 1.97. The smallest absolute Gasteiger partial charge is 0.0195 e. The molecule has 0 heterocycles. The summed E-state index contributed by atoms with van der Waals surface area (Å²) in [4.78, 5) is 0. The van der Waals surface area contributed by atoms with E-state index in [1.807, 2.05) is 13.8 Å². The van der Waals surface area contributed by atoms with E-state index in [2.05, 4.69) is 26.5 Å². The maximum Gasteiger partial charge on any atom is -0.0195 e. The molecule has 0 rings (SSSR count). The Hall–Kier alpha value is -0.0400. The summed E-state index contributed by atoms with van der Waals surface area (Å²) in [7, 11) is 1.50. The highest BCUT2D eigenvalue weighted by Gasteiger charge is 2.01. The van der Waals surface area contributed by atoms with Crippen LogP contribution in [0.4, 0.5) is 0 Å². The maximum atomic E-state index is 4.50. The molecule has 0 atom stereocenters. The van der Waals surface area contributed by atoms with Crippen LogP contribution in [0.2, 0.25) is 0 Å². The third-order valence-electron chi connectivity index (χ3n) is 1.97. The van der Waals surface area contributed by atoms with Crippen molar-refractivity contribution in [1.82, 2.24) is 0 Å². The highest BCUT2D eigenvalue weighted by Crippen LogP contribution is 2.16. The average molecular weight is 189 g/mol. The SMILES string of the molecule is CC.CCCC(CC)CCC.CN. The van der Waals surface area contributed by atoms with Gasteiger partial charge in [0.1, 0.15) is 0 Å². The maximum absolute atomic E-state index is 4.50. The summed E-state index contributed by atoms with van der Waals surface area (Å²) in [6.07, 6.45) is 6.97. The van der Waals surface area contributed by atoms with E-state index < -0.39 is 0 Å². The normalized spacial score (nSPS) is 8.31. The minimum absolute atomic E-state index is 1.01. The Morgan fingerprint density at radius 2 is 1.15 bits per heavy atom. The van der Waals surface area contributed by atoms with Gasteiger partial charge in [-0.05, 0) is 13.0 Å². The minimum atomic E-state index is 1.01. The van der Waals surface area contributed by atoms with E-state index in [0.717, 1.165) is 5.92 Å². The zero-order valence-corrected chi connectivity index (χ0v) is 10.7. The molecule has 1 heteroatoms. The summed E-state index contributed by atoms with van der Waals surface area (Å²) in [5.41, 5.74) is 4.50. The Morgan fingerprint density at radius 3 is 1.31 bits per heavy atom. The molecule has 0 spiro atoms. The number of hydrogen-bond donors (Lipinski definition) is 1. The van der Waals surface area contributed by atoms with Crippen molar-refractivity contribution in [2.24, 2.45) is 11.7 Å². The molecule has 0 aliphatic carbocycles. The third kappa shape index (κ3) is 18.7. The molecule has 0 aliphatic rings. The first kappa shape index (κ1) is 18.7. The van der Waals surface area contributed by atoms with Gasteiger partial charge in [-0.3, -0.25) is 0 Å². The van der Waals surface area contributed by atoms with E-state index in [9.17, 15) is 0 Å². The van der Waals surface area contributed by atoms with Gasteiger partial charge in [0.2, 0.25) is 0 Å². The minimum Gasteiger partial charge on any atom is -0.333 e.